The van der Waals surface area contributed by atoms with Gasteiger partial charge in [-0.2, -0.15) is 0 Å². The van der Waals surface area contributed by atoms with E-state index in [4.69, 9.17) is 21.9 Å². The van der Waals surface area contributed by atoms with Gasteiger partial charge in [-0.25, -0.2) is 0 Å². The number of aromatic nitrogens is 1. The number of nitrogens with two attached hydrogens (primary N) is 1. The second kappa shape index (κ2) is 5.26. The summed E-state index contributed by atoms with van der Waals surface area (Å²) >= 11 is 5.95. The van der Waals surface area contributed by atoms with Crippen LogP contribution in [0.3, 0.4) is 0 Å². The molecule has 4 heteroatoms. The minimum Gasteiger partial charge on any atom is -0.367 e. The van der Waals surface area contributed by atoms with Crippen LogP contribution < -0.4 is 5.73 Å². The second-order valence-corrected chi connectivity index (χ2v) is 5.48. The Labute approximate surface area is 128 Å². The molecule has 2 N–H and O–H groups in total. The Kier molecular flexibility index (Phi) is 3.43. The summed E-state index contributed by atoms with van der Waals surface area (Å²) in [7, 11) is 0. The van der Waals surface area contributed by atoms with E-state index in [-0.39, 0.29) is 0 Å². The molecule has 21 heavy (non-hydrogen) atoms. The molecule has 0 fully saturated rings. The molecule has 2 aromatic carbocycles. The number of nitrogen functional groups attached to an aromatic ring is 1. The second-order valence-electron chi connectivity index (χ2n) is 5.04. The highest BCUT2D eigenvalue weighted by molar-refractivity contribution is 6.30. The Morgan fingerprint density at radius 2 is 1.57 bits per heavy atom. The molecule has 0 amide bonds. The average molecular weight is 299 g/mol. The minimum absolute atomic E-state index is 0.315. The van der Waals surface area contributed by atoms with Gasteiger partial charge >= 0.3 is 0 Å². The van der Waals surface area contributed by atoms with Crippen LogP contribution in [0.4, 0.5) is 5.88 Å². The summed E-state index contributed by atoms with van der Waals surface area (Å²) in [6.45, 7) is 4.11. The highest BCUT2D eigenvalue weighted by Gasteiger charge is 2.20. The zero-order chi connectivity index (χ0) is 15.0. The maximum absolute atomic E-state index is 5.99. The molecule has 0 bridgehead atoms. The van der Waals surface area contributed by atoms with Gasteiger partial charge in [0.2, 0.25) is 5.88 Å². The lowest BCUT2D eigenvalue weighted by atomic mass is 9.95. The van der Waals surface area contributed by atoms with E-state index in [2.05, 4.69) is 31.1 Å². The van der Waals surface area contributed by atoms with Gasteiger partial charge in [-0.05, 0) is 42.7 Å². The van der Waals surface area contributed by atoms with Gasteiger partial charge in [-0.1, -0.05) is 47.1 Å². The van der Waals surface area contributed by atoms with E-state index in [0.29, 0.717) is 10.9 Å². The van der Waals surface area contributed by atoms with Crippen molar-refractivity contribution in [2.45, 2.75) is 13.8 Å². The lowest BCUT2D eigenvalue weighted by Gasteiger charge is -2.09. The summed E-state index contributed by atoms with van der Waals surface area (Å²) in [5.74, 6) is 0.315. The zero-order valence-electron chi connectivity index (χ0n) is 11.9. The van der Waals surface area contributed by atoms with Crippen LogP contribution in [0.5, 0.6) is 0 Å². The number of halogens is 1. The summed E-state index contributed by atoms with van der Waals surface area (Å²) < 4.78 is 5.24. The highest BCUT2D eigenvalue weighted by Crippen LogP contribution is 2.39. The van der Waals surface area contributed by atoms with E-state index in [1.165, 1.54) is 0 Å². The molecule has 0 saturated heterocycles. The number of hydrogen-bond donors (Lipinski definition) is 1. The Bertz CT molecular complexity index is 771. The Morgan fingerprint density at radius 3 is 2.19 bits per heavy atom. The van der Waals surface area contributed by atoms with Crippen LogP contribution in [0, 0.1) is 13.8 Å². The highest BCUT2D eigenvalue weighted by atomic mass is 35.5. The van der Waals surface area contributed by atoms with Crippen molar-refractivity contribution < 1.29 is 4.52 Å². The molecule has 0 radical (unpaired) electrons. The molecule has 0 aliphatic carbocycles. The topological polar surface area (TPSA) is 52.0 Å². The number of anilines is 1. The van der Waals surface area contributed by atoms with Crippen molar-refractivity contribution in [1.29, 1.82) is 0 Å². The molecule has 0 aliphatic rings. The number of rotatable bonds is 2. The predicted octanol–water partition coefficient (Wildman–Crippen LogP) is 4.86. The number of aryl methyl sites for hydroxylation is 2. The van der Waals surface area contributed by atoms with E-state index in [9.17, 15) is 0 Å². The molecular formula is C17H15ClN2O. The van der Waals surface area contributed by atoms with Gasteiger partial charge < -0.3 is 10.3 Å². The van der Waals surface area contributed by atoms with E-state index >= 15 is 0 Å². The minimum atomic E-state index is 0.315. The molecule has 0 aliphatic heterocycles. The van der Waals surface area contributed by atoms with Crippen LogP contribution in [-0.4, -0.2) is 5.16 Å². The SMILES string of the molecule is Cc1cccc(C)c1-c1noc(N)c1-c1ccc(Cl)cc1. The van der Waals surface area contributed by atoms with Crippen LogP contribution >= 0.6 is 11.6 Å². The van der Waals surface area contributed by atoms with Crippen LogP contribution in [0.15, 0.2) is 47.0 Å². The fourth-order valence-corrected chi connectivity index (χ4v) is 2.68. The molecule has 1 heterocycles. The standard InChI is InChI=1S/C17H15ClN2O/c1-10-4-3-5-11(2)14(10)16-15(17(19)21-20-16)12-6-8-13(18)9-7-12/h3-9H,19H2,1-2H3. The fraction of sp³-hybridized carbons (Fsp3) is 0.118. The summed E-state index contributed by atoms with van der Waals surface area (Å²) in [6.07, 6.45) is 0. The molecule has 0 atom stereocenters. The smallest absolute Gasteiger partial charge is 0.230 e. The Balaban J connectivity index is 2.24. The summed E-state index contributed by atoms with van der Waals surface area (Å²) in [4.78, 5) is 0. The summed E-state index contributed by atoms with van der Waals surface area (Å²) in [5.41, 5.74) is 11.8. The van der Waals surface area contributed by atoms with Crippen molar-refractivity contribution in [2.24, 2.45) is 0 Å². The molecule has 106 valence electrons. The van der Waals surface area contributed by atoms with Gasteiger partial charge in [0, 0.05) is 10.6 Å². The molecule has 1 aromatic heterocycles. The van der Waals surface area contributed by atoms with Gasteiger partial charge in [0.15, 0.2) is 0 Å². The van der Waals surface area contributed by atoms with E-state index in [1.54, 1.807) is 0 Å². The van der Waals surface area contributed by atoms with Crippen LogP contribution in [0.25, 0.3) is 22.4 Å². The van der Waals surface area contributed by atoms with Crippen molar-refractivity contribution >= 4 is 17.5 Å². The van der Waals surface area contributed by atoms with E-state index in [1.807, 2.05) is 30.3 Å². The molecule has 0 spiro atoms. The quantitative estimate of drug-likeness (QED) is 0.735. The predicted molar refractivity (Wildman–Crippen MR) is 86.3 cm³/mol. The van der Waals surface area contributed by atoms with Crippen molar-refractivity contribution in [2.75, 3.05) is 5.73 Å². The van der Waals surface area contributed by atoms with Crippen molar-refractivity contribution in [3.05, 3.63) is 58.6 Å². The number of nitrogens with zero attached hydrogens (tertiary/aromatic N) is 1. The zero-order valence-corrected chi connectivity index (χ0v) is 12.6. The average Bonchev–Trinajstić information content (AvgIpc) is 2.82. The van der Waals surface area contributed by atoms with Gasteiger partial charge in [-0.3, -0.25) is 0 Å². The van der Waals surface area contributed by atoms with E-state index < -0.39 is 0 Å². The molecule has 3 nitrogen and oxygen atoms in total. The Morgan fingerprint density at radius 1 is 0.952 bits per heavy atom. The van der Waals surface area contributed by atoms with Gasteiger partial charge in [0.05, 0.1) is 5.56 Å². The normalized spacial score (nSPS) is 10.8. The third-order valence-corrected chi connectivity index (χ3v) is 3.82. The molecule has 0 saturated carbocycles. The first-order valence-corrected chi connectivity index (χ1v) is 7.03. The largest absolute Gasteiger partial charge is 0.367 e. The van der Waals surface area contributed by atoms with Crippen LogP contribution in [0.2, 0.25) is 5.02 Å². The third-order valence-electron chi connectivity index (χ3n) is 3.57. The Hall–Kier alpha value is -2.26. The van der Waals surface area contributed by atoms with Gasteiger partial charge in [0.25, 0.3) is 0 Å². The molecule has 3 aromatic rings. The monoisotopic (exact) mass is 298 g/mol. The lowest BCUT2D eigenvalue weighted by molar-refractivity contribution is 0.439. The number of hydrogen-bond acceptors (Lipinski definition) is 3. The first kappa shape index (κ1) is 13.7. The van der Waals surface area contributed by atoms with Crippen LogP contribution in [0.1, 0.15) is 11.1 Å². The maximum atomic E-state index is 5.99. The fourth-order valence-electron chi connectivity index (χ4n) is 2.56. The molecular weight excluding hydrogens is 284 g/mol. The summed E-state index contributed by atoms with van der Waals surface area (Å²) in [6, 6.07) is 13.6. The van der Waals surface area contributed by atoms with Crippen LogP contribution in [-0.2, 0) is 0 Å². The van der Waals surface area contributed by atoms with Crippen molar-refractivity contribution in [3.63, 3.8) is 0 Å². The summed E-state index contributed by atoms with van der Waals surface area (Å²) in [5, 5.41) is 4.86. The molecule has 3 rings (SSSR count). The maximum Gasteiger partial charge on any atom is 0.230 e. The van der Waals surface area contributed by atoms with Gasteiger partial charge in [0.1, 0.15) is 5.69 Å². The first-order valence-electron chi connectivity index (χ1n) is 6.65. The first-order chi connectivity index (χ1) is 10.1. The number of benzene rings is 2. The lowest BCUT2D eigenvalue weighted by Crippen LogP contribution is -1.92. The van der Waals surface area contributed by atoms with E-state index in [0.717, 1.165) is 33.5 Å². The molecule has 0 unspecified atom stereocenters. The van der Waals surface area contributed by atoms with Crippen molar-refractivity contribution in [1.82, 2.24) is 5.16 Å². The van der Waals surface area contributed by atoms with Crippen molar-refractivity contribution in [3.8, 4) is 22.4 Å². The third kappa shape index (κ3) is 2.41. The van der Waals surface area contributed by atoms with Gasteiger partial charge in [-0.15, -0.1) is 0 Å².